The predicted molar refractivity (Wildman–Crippen MR) is 99.1 cm³/mol. The number of aromatic hydroxyl groups is 1. The summed E-state index contributed by atoms with van der Waals surface area (Å²) in [5.74, 6) is 2.19. The van der Waals surface area contributed by atoms with E-state index in [1.54, 1.807) is 13.2 Å². The molecule has 0 heterocycles. The van der Waals surface area contributed by atoms with Crippen molar-refractivity contribution in [2.45, 2.75) is 71.3 Å². The van der Waals surface area contributed by atoms with Crippen LogP contribution >= 0.6 is 0 Å². The summed E-state index contributed by atoms with van der Waals surface area (Å²) < 4.78 is 5.39. The van der Waals surface area contributed by atoms with Crippen molar-refractivity contribution in [1.82, 2.24) is 0 Å². The molecular weight excluding hydrogens is 312 g/mol. The Labute approximate surface area is 151 Å². The van der Waals surface area contributed by atoms with Crippen molar-refractivity contribution in [2.75, 3.05) is 7.11 Å². The molecule has 25 heavy (non-hydrogen) atoms. The van der Waals surface area contributed by atoms with Crippen LogP contribution in [0, 0.1) is 22.7 Å². The van der Waals surface area contributed by atoms with Crippen LogP contribution in [-0.4, -0.2) is 23.4 Å². The molecule has 2 N–H and O–H groups in total. The Kier molecular flexibility index (Phi) is 3.55. The fourth-order valence-electron chi connectivity index (χ4n) is 7.11. The smallest absolute Gasteiger partial charge is 0.123 e. The van der Waals surface area contributed by atoms with E-state index in [0.717, 1.165) is 43.4 Å². The number of rotatable bonds is 1. The number of phenols is 1. The topological polar surface area (TPSA) is 49.7 Å². The molecule has 0 amide bonds. The summed E-state index contributed by atoms with van der Waals surface area (Å²) in [7, 11) is 1.66. The van der Waals surface area contributed by atoms with Gasteiger partial charge in [0.15, 0.2) is 0 Å². The van der Waals surface area contributed by atoms with E-state index in [9.17, 15) is 10.2 Å². The third-order valence-corrected chi connectivity index (χ3v) is 8.43. The quantitative estimate of drug-likeness (QED) is 0.792. The highest BCUT2D eigenvalue weighted by atomic mass is 16.5. The highest BCUT2D eigenvalue weighted by Gasteiger charge is 2.63. The first-order valence-corrected chi connectivity index (χ1v) is 9.73. The number of fused-ring (bicyclic) bond motifs is 5. The minimum atomic E-state index is -0.202. The zero-order valence-electron chi connectivity index (χ0n) is 16.2. The molecule has 2 saturated carbocycles. The summed E-state index contributed by atoms with van der Waals surface area (Å²) in [6.45, 7) is 9.32. The summed E-state index contributed by atoms with van der Waals surface area (Å²) in [5.41, 5.74) is 2.60. The molecule has 3 aliphatic rings. The molecule has 2 fully saturated rings. The maximum Gasteiger partial charge on any atom is 0.123 e. The van der Waals surface area contributed by atoms with E-state index in [4.69, 9.17) is 4.74 Å². The summed E-state index contributed by atoms with van der Waals surface area (Å²) in [6, 6.07) is 3.90. The number of hydrogen-bond donors (Lipinski definition) is 2. The Hall–Kier alpha value is -1.22. The van der Waals surface area contributed by atoms with Crippen molar-refractivity contribution >= 4 is 0 Å². The summed E-state index contributed by atoms with van der Waals surface area (Å²) in [5, 5.41) is 21.4. The van der Waals surface area contributed by atoms with Crippen molar-refractivity contribution in [2.24, 2.45) is 22.7 Å². The average Bonchev–Trinajstić information content (AvgIpc) is 2.86. The van der Waals surface area contributed by atoms with Gasteiger partial charge in [0.2, 0.25) is 0 Å². The number of hydrogen-bond acceptors (Lipinski definition) is 3. The van der Waals surface area contributed by atoms with Gasteiger partial charge in [-0.25, -0.2) is 0 Å². The van der Waals surface area contributed by atoms with Gasteiger partial charge in [0.1, 0.15) is 11.5 Å². The van der Waals surface area contributed by atoms with Gasteiger partial charge in [-0.1, -0.05) is 27.7 Å². The van der Waals surface area contributed by atoms with E-state index in [-0.39, 0.29) is 22.3 Å². The van der Waals surface area contributed by atoms with Gasteiger partial charge >= 0.3 is 0 Å². The molecule has 0 bridgehead atoms. The maximum atomic E-state index is 10.8. The normalized spacial score (nSPS) is 41.6. The highest BCUT2D eigenvalue weighted by Crippen LogP contribution is 2.68. The third kappa shape index (κ3) is 2.08. The molecule has 0 unspecified atom stereocenters. The Morgan fingerprint density at radius 3 is 2.44 bits per heavy atom. The minimum absolute atomic E-state index is 0.0231. The Morgan fingerprint density at radius 1 is 1.04 bits per heavy atom. The fourth-order valence-corrected chi connectivity index (χ4v) is 7.11. The lowest BCUT2D eigenvalue weighted by Crippen LogP contribution is -2.58. The molecular formula is C22H32O3. The molecule has 0 aromatic heterocycles. The predicted octanol–water partition coefficient (Wildman–Crippen LogP) is 4.43. The minimum Gasteiger partial charge on any atom is -0.507 e. The van der Waals surface area contributed by atoms with Crippen LogP contribution in [-0.2, 0) is 11.8 Å². The second-order valence-electron chi connectivity index (χ2n) is 9.83. The fraction of sp³-hybridized carbons (Fsp3) is 0.727. The first-order valence-electron chi connectivity index (χ1n) is 9.73. The zero-order chi connectivity index (χ0) is 18.2. The molecule has 5 atom stereocenters. The van der Waals surface area contributed by atoms with Crippen LogP contribution in [0.2, 0.25) is 0 Å². The molecule has 0 saturated heterocycles. The molecule has 0 aliphatic heterocycles. The molecule has 1 aromatic carbocycles. The largest absolute Gasteiger partial charge is 0.507 e. The lowest BCUT2D eigenvalue weighted by molar-refractivity contribution is -0.151. The third-order valence-electron chi connectivity index (χ3n) is 8.43. The Balaban J connectivity index is 1.81. The monoisotopic (exact) mass is 344 g/mol. The number of aliphatic hydroxyl groups is 1. The van der Waals surface area contributed by atoms with Crippen molar-refractivity contribution in [3.8, 4) is 11.5 Å². The second-order valence-corrected chi connectivity index (χ2v) is 9.83. The average molecular weight is 344 g/mol. The number of benzene rings is 1. The van der Waals surface area contributed by atoms with Gasteiger partial charge in [-0.15, -0.1) is 0 Å². The highest BCUT2D eigenvalue weighted by molar-refractivity contribution is 5.54. The molecule has 3 aliphatic carbocycles. The van der Waals surface area contributed by atoms with Gasteiger partial charge in [0.05, 0.1) is 13.2 Å². The van der Waals surface area contributed by atoms with Crippen LogP contribution < -0.4 is 4.74 Å². The van der Waals surface area contributed by atoms with Crippen LogP contribution in [0.3, 0.4) is 0 Å². The van der Waals surface area contributed by atoms with Crippen LogP contribution in [0.1, 0.15) is 64.5 Å². The van der Waals surface area contributed by atoms with E-state index in [2.05, 4.69) is 33.8 Å². The number of phenolic OH excluding ortho intramolecular Hbond substituents is 1. The van der Waals surface area contributed by atoms with Gasteiger partial charge in [-0.3, -0.25) is 0 Å². The standard InChI is InChI=1S/C22H32O3/c1-20(2)16-6-8-22(4)17(21(16,3)9-7-18(20)24)11-13-10-14(25-5)12-15(23)19(13)22/h10,12,16-18,23-24H,6-9,11H2,1-5H3/t16-,17+,18-,21-,22+/m0/s1. The molecule has 3 nitrogen and oxygen atoms in total. The summed E-state index contributed by atoms with van der Waals surface area (Å²) in [6.07, 6.45) is 4.98. The summed E-state index contributed by atoms with van der Waals surface area (Å²) in [4.78, 5) is 0. The number of ether oxygens (including phenoxy) is 1. The van der Waals surface area contributed by atoms with E-state index in [1.807, 2.05) is 0 Å². The van der Waals surface area contributed by atoms with Crippen molar-refractivity contribution < 1.29 is 14.9 Å². The van der Waals surface area contributed by atoms with E-state index in [0.29, 0.717) is 17.6 Å². The van der Waals surface area contributed by atoms with E-state index < -0.39 is 0 Å². The summed E-state index contributed by atoms with van der Waals surface area (Å²) >= 11 is 0. The Morgan fingerprint density at radius 2 is 1.76 bits per heavy atom. The first kappa shape index (κ1) is 17.2. The molecule has 1 aromatic rings. The van der Waals surface area contributed by atoms with E-state index in [1.165, 1.54) is 5.56 Å². The van der Waals surface area contributed by atoms with Gasteiger partial charge in [0, 0.05) is 17.0 Å². The van der Waals surface area contributed by atoms with Crippen LogP contribution in [0.5, 0.6) is 11.5 Å². The second kappa shape index (κ2) is 5.16. The molecule has 3 heteroatoms. The van der Waals surface area contributed by atoms with E-state index >= 15 is 0 Å². The van der Waals surface area contributed by atoms with Gasteiger partial charge in [-0.2, -0.15) is 0 Å². The van der Waals surface area contributed by atoms with Crippen molar-refractivity contribution in [3.63, 3.8) is 0 Å². The molecule has 0 radical (unpaired) electrons. The molecule has 0 spiro atoms. The maximum absolute atomic E-state index is 10.8. The van der Waals surface area contributed by atoms with Crippen molar-refractivity contribution in [1.29, 1.82) is 0 Å². The van der Waals surface area contributed by atoms with Gasteiger partial charge < -0.3 is 14.9 Å². The SMILES string of the molecule is COc1cc(O)c2c(c1)C[C@@H]1[C@@]3(C)CC[C@H](O)C(C)(C)[C@@H]3CC[C@@]21C. The zero-order valence-corrected chi connectivity index (χ0v) is 16.2. The van der Waals surface area contributed by atoms with Crippen LogP contribution in [0.15, 0.2) is 12.1 Å². The van der Waals surface area contributed by atoms with Gasteiger partial charge in [0.25, 0.3) is 0 Å². The lowest BCUT2D eigenvalue weighted by atomic mass is 9.43. The number of aliphatic hydroxyl groups excluding tert-OH is 1. The number of methoxy groups -OCH3 is 1. The molecule has 4 rings (SSSR count). The lowest BCUT2D eigenvalue weighted by Gasteiger charge is -2.62. The van der Waals surface area contributed by atoms with Crippen LogP contribution in [0.4, 0.5) is 0 Å². The Bertz CT molecular complexity index is 709. The van der Waals surface area contributed by atoms with Crippen LogP contribution in [0.25, 0.3) is 0 Å². The van der Waals surface area contributed by atoms with Crippen molar-refractivity contribution in [3.05, 3.63) is 23.3 Å². The first-order chi connectivity index (χ1) is 11.6. The molecule has 138 valence electrons. The van der Waals surface area contributed by atoms with Gasteiger partial charge in [-0.05, 0) is 66.4 Å².